The van der Waals surface area contributed by atoms with Crippen LogP contribution in [0.25, 0.3) is 10.9 Å². The molecule has 2 amide bonds. The van der Waals surface area contributed by atoms with Crippen molar-refractivity contribution in [3.63, 3.8) is 0 Å². The first kappa shape index (κ1) is 32.4. The van der Waals surface area contributed by atoms with Gasteiger partial charge >= 0.3 is 6.09 Å². The lowest BCUT2D eigenvalue weighted by atomic mass is 10.0. The largest absolute Gasteiger partial charge is 0.491 e. The molecule has 9 nitrogen and oxygen atoms in total. The van der Waals surface area contributed by atoms with Crippen LogP contribution in [-0.4, -0.2) is 55.3 Å². The number of sulfonamides is 1. The molecule has 0 unspecified atom stereocenters. The molecule has 2 heterocycles. The van der Waals surface area contributed by atoms with Gasteiger partial charge in [0.2, 0.25) is 10.0 Å². The van der Waals surface area contributed by atoms with Crippen molar-refractivity contribution >= 4 is 44.5 Å². The minimum Gasteiger partial charge on any atom is -0.491 e. The van der Waals surface area contributed by atoms with Crippen LogP contribution in [0.15, 0.2) is 66.7 Å². The van der Waals surface area contributed by atoms with E-state index in [4.69, 9.17) is 21.1 Å². The number of hydrogen-bond donors (Lipinski definition) is 1. The van der Waals surface area contributed by atoms with Crippen LogP contribution in [0.1, 0.15) is 45.6 Å². The molecule has 0 aliphatic carbocycles. The molecule has 1 atom stereocenters. The van der Waals surface area contributed by atoms with Crippen LogP contribution >= 0.6 is 11.6 Å². The van der Waals surface area contributed by atoms with E-state index in [1.54, 1.807) is 23.6 Å². The number of rotatable bonds is 10. The van der Waals surface area contributed by atoms with E-state index in [1.807, 2.05) is 68.4 Å². The second-order valence-corrected chi connectivity index (χ2v) is 13.8. The molecule has 1 aromatic heterocycles. The highest BCUT2D eigenvalue weighted by molar-refractivity contribution is 7.90. The number of nitrogens with zero attached hydrogens (tertiary/aromatic N) is 2. The first-order valence-electron chi connectivity index (χ1n) is 15.0. The van der Waals surface area contributed by atoms with Gasteiger partial charge in [-0.25, -0.2) is 17.9 Å². The van der Waals surface area contributed by atoms with Crippen molar-refractivity contribution in [1.29, 1.82) is 0 Å². The fourth-order valence-electron chi connectivity index (χ4n) is 6.00. The predicted octanol–water partition coefficient (Wildman–Crippen LogP) is 6.41. The van der Waals surface area contributed by atoms with Crippen LogP contribution in [0.3, 0.4) is 0 Å². The molecule has 5 rings (SSSR count). The van der Waals surface area contributed by atoms with Crippen LogP contribution in [0, 0.1) is 26.7 Å². The number of carbonyl (C=O) groups excluding carboxylic acids is 2. The van der Waals surface area contributed by atoms with Crippen LogP contribution < -0.4 is 9.46 Å². The zero-order valence-electron chi connectivity index (χ0n) is 25.7. The number of nitrogens with one attached hydrogen (secondary N) is 1. The van der Waals surface area contributed by atoms with Crippen LogP contribution in [0.2, 0.25) is 5.02 Å². The van der Waals surface area contributed by atoms with E-state index >= 15 is 0 Å². The maximum Gasteiger partial charge on any atom is 0.410 e. The number of carbonyl (C=O) groups is 2. The van der Waals surface area contributed by atoms with Crippen LogP contribution in [-0.2, 0) is 27.9 Å². The molecule has 0 spiro atoms. The van der Waals surface area contributed by atoms with Gasteiger partial charge in [-0.2, -0.15) is 0 Å². The van der Waals surface area contributed by atoms with Gasteiger partial charge in [0.25, 0.3) is 5.91 Å². The highest BCUT2D eigenvalue weighted by Gasteiger charge is 2.31. The maximum absolute atomic E-state index is 13.7. The summed E-state index contributed by atoms with van der Waals surface area (Å²) in [5.41, 5.74) is 4.49. The van der Waals surface area contributed by atoms with Gasteiger partial charge < -0.3 is 18.9 Å². The second kappa shape index (κ2) is 14.0. The number of ether oxygens (including phenoxy) is 2. The molecule has 0 bridgehead atoms. The number of hydrogen-bond acceptors (Lipinski definition) is 6. The smallest absolute Gasteiger partial charge is 0.410 e. The number of amides is 2. The number of halogens is 1. The van der Waals surface area contributed by atoms with Crippen molar-refractivity contribution < 1.29 is 27.5 Å². The van der Waals surface area contributed by atoms with Crippen LogP contribution in [0.4, 0.5) is 4.79 Å². The molecule has 11 heteroatoms. The summed E-state index contributed by atoms with van der Waals surface area (Å²) in [6, 6.07) is 20.6. The molecule has 3 aromatic carbocycles. The van der Waals surface area contributed by atoms with Gasteiger partial charge in [-0.05, 0) is 80.0 Å². The standard InChI is InChI=1S/C34H38ClN3O6S/c1-23-9-7-10-24(2)32(23)43-18-17-38-30-15-14-28(35)19-29(30)25(3)31(38)33(39)36-45(41,42)22-27-13-8-16-37(20-27)34(40)44-21-26-11-5-4-6-12-26/h4-7,9-12,14-15,19,27H,8,13,16-18,20-22H2,1-3H3,(H,36,39)/t27-/m1/s1. The van der Waals surface area contributed by atoms with E-state index in [2.05, 4.69) is 4.72 Å². The molecular formula is C34H38ClN3O6S. The molecule has 45 heavy (non-hydrogen) atoms. The van der Waals surface area contributed by atoms with Crippen molar-refractivity contribution in [1.82, 2.24) is 14.2 Å². The van der Waals surface area contributed by atoms with Gasteiger partial charge in [0.05, 0.1) is 12.3 Å². The fraction of sp³-hybridized carbons (Fsp3) is 0.353. The topological polar surface area (TPSA) is 107 Å². The van der Waals surface area contributed by atoms with E-state index in [9.17, 15) is 18.0 Å². The zero-order chi connectivity index (χ0) is 32.1. The summed E-state index contributed by atoms with van der Waals surface area (Å²) >= 11 is 6.28. The van der Waals surface area contributed by atoms with E-state index in [-0.39, 0.29) is 37.1 Å². The fourth-order valence-corrected chi connectivity index (χ4v) is 7.53. The van der Waals surface area contributed by atoms with Crippen molar-refractivity contribution in [2.75, 3.05) is 25.4 Å². The molecule has 1 N–H and O–H groups in total. The minimum absolute atomic E-state index is 0.142. The molecule has 1 fully saturated rings. The first-order valence-corrected chi connectivity index (χ1v) is 17.0. The molecular weight excluding hydrogens is 614 g/mol. The summed E-state index contributed by atoms with van der Waals surface area (Å²) in [5.74, 6) is -0.568. The Hall–Kier alpha value is -4.02. The second-order valence-electron chi connectivity index (χ2n) is 11.6. The average Bonchev–Trinajstić information content (AvgIpc) is 3.28. The van der Waals surface area contributed by atoms with Crippen molar-refractivity contribution in [2.24, 2.45) is 5.92 Å². The van der Waals surface area contributed by atoms with Crippen LogP contribution in [0.5, 0.6) is 5.75 Å². The number of para-hydroxylation sites is 1. The third-order valence-electron chi connectivity index (χ3n) is 8.15. The first-order chi connectivity index (χ1) is 21.5. The summed E-state index contributed by atoms with van der Waals surface area (Å²) in [6.45, 7) is 7.17. The van der Waals surface area contributed by atoms with Crippen molar-refractivity contribution in [3.05, 3.63) is 99.7 Å². The Balaban J connectivity index is 1.27. The SMILES string of the molecule is Cc1cccc(C)c1OCCn1c(C(=O)NS(=O)(=O)C[C@@H]2CCCN(C(=O)OCc3ccccc3)C2)c(C)c2cc(Cl)ccc21. The van der Waals surface area contributed by atoms with Gasteiger partial charge in [-0.15, -0.1) is 0 Å². The van der Waals surface area contributed by atoms with Gasteiger partial charge in [0.15, 0.2) is 0 Å². The summed E-state index contributed by atoms with van der Waals surface area (Å²) in [4.78, 5) is 27.9. The Labute approximate surface area is 269 Å². The summed E-state index contributed by atoms with van der Waals surface area (Å²) < 4.78 is 42.3. The summed E-state index contributed by atoms with van der Waals surface area (Å²) in [7, 11) is -4.04. The Bertz CT molecular complexity index is 1790. The lowest BCUT2D eigenvalue weighted by Crippen LogP contribution is -2.44. The third-order valence-corrected chi connectivity index (χ3v) is 9.79. The quantitative estimate of drug-likeness (QED) is 0.212. The Morgan fingerprint density at radius 3 is 2.47 bits per heavy atom. The minimum atomic E-state index is -4.04. The van der Waals surface area contributed by atoms with Gasteiger partial charge in [0, 0.05) is 29.0 Å². The number of likely N-dealkylation sites (tertiary alicyclic amines) is 1. The number of piperidine rings is 1. The average molecular weight is 652 g/mol. The Morgan fingerprint density at radius 1 is 1.00 bits per heavy atom. The Morgan fingerprint density at radius 2 is 1.73 bits per heavy atom. The van der Waals surface area contributed by atoms with E-state index in [1.165, 1.54) is 4.90 Å². The highest BCUT2D eigenvalue weighted by atomic mass is 35.5. The number of fused-ring (bicyclic) bond motifs is 1. The van der Waals surface area contributed by atoms with Gasteiger partial charge in [0.1, 0.15) is 24.7 Å². The molecule has 0 saturated carbocycles. The number of aromatic nitrogens is 1. The van der Waals surface area contributed by atoms with E-state index in [0.29, 0.717) is 36.5 Å². The lowest BCUT2D eigenvalue weighted by molar-refractivity contribution is 0.0811. The number of benzene rings is 3. The highest BCUT2D eigenvalue weighted by Crippen LogP contribution is 2.29. The maximum atomic E-state index is 13.7. The van der Waals surface area contributed by atoms with Gasteiger partial charge in [-0.3, -0.25) is 4.79 Å². The number of aryl methyl sites for hydroxylation is 3. The zero-order valence-corrected chi connectivity index (χ0v) is 27.3. The summed E-state index contributed by atoms with van der Waals surface area (Å²) in [5, 5.41) is 1.27. The van der Waals surface area contributed by atoms with Crippen molar-refractivity contribution in [3.8, 4) is 5.75 Å². The normalized spacial score (nSPS) is 15.2. The molecule has 1 aliphatic rings. The predicted molar refractivity (Wildman–Crippen MR) is 175 cm³/mol. The van der Waals surface area contributed by atoms with Gasteiger partial charge in [-0.1, -0.05) is 60.1 Å². The molecule has 1 aliphatic heterocycles. The molecule has 238 valence electrons. The lowest BCUT2D eigenvalue weighted by Gasteiger charge is -2.31. The molecule has 0 radical (unpaired) electrons. The monoisotopic (exact) mass is 651 g/mol. The van der Waals surface area contributed by atoms with E-state index in [0.717, 1.165) is 33.3 Å². The third kappa shape index (κ3) is 7.80. The Kier molecular flexibility index (Phi) is 10.0. The molecule has 1 saturated heterocycles. The van der Waals surface area contributed by atoms with Crippen molar-refractivity contribution in [2.45, 2.75) is 46.8 Å². The molecule has 4 aromatic rings. The summed E-state index contributed by atoms with van der Waals surface area (Å²) in [6.07, 6.45) is 0.778. The van der Waals surface area contributed by atoms with E-state index < -0.39 is 22.0 Å².